The maximum Gasteiger partial charge on any atom is 0.405 e. The number of amides is 1. The number of ether oxygens (including phenoxy) is 2. The van der Waals surface area contributed by atoms with Crippen LogP contribution in [0, 0.1) is 0 Å². The van der Waals surface area contributed by atoms with Gasteiger partial charge in [-0.1, -0.05) is 30.3 Å². The number of hydrogen-bond acceptors (Lipinski definition) is 5. The second kappa shape index (κ2) is 8.86. The van der Waals surface area contributed by atoms with E-state index >= 15 is 0 Å². The van der Waals surface area contributed by atoms with Gasteiger partial charge in [0.15, 0.2) is 11.5 Å². The highest BCUT2D eigenvalue weighted by atomic mass is 32.2. The van der Waals surface area contributed by atoms with Crippen LogP contribution in [0.15, 0.2) is 53.4 Å². The number of halogens is 3. The van der Waals surface area contributed by atoms with Crippen molar-refractivity contribution in [3.05, 3.63) is 54.1 Å². The first-order chi connectivity index (χ1) is 15.6. The molecule has 1 amide bonds. The summed E-state index contributed by atoms with van der Waals surface area (Å²) in [6.45, 7) is -0.800. The summed E-state index contributed by atoms with van der Waals surface area (Å²) in [5.41, 5.74) is -0.702. The molecule has 2 aliphatic heterocycles. The molecule has 0 atom stereocenters. The molecule has 0 aliphatic carbocycles. The van der Waals surface area contributed by atoms with E-state index in [0.717, 1.165) is 0 Å². The Morgan fingerprint density at radius 2 is 1.64 bits per heavy atom. The fourth-order valence-electron chi connectivity index (χ4n) is 4.20. The quantitative estimate of drug-likeness (QED) is 0.706. The number of benzene rings is 2. The van der Waals surface area contributed by atoms with Crippen LogP contribution in [0.1, 0.15) is 18.4 Å². The SMILES string of the molecule is O=C(NCC(F)(F)F)C1(c2ccccc2)CCN(S(=O)(=O)c2ccc3c(c2)OCCO3)CC1. The zero-order chi connectivity index (χ0) is 23.7. The van der Waals surface area contributed by atoms with E-state index in [2.05, 4.69) is 0 Å². The van der Waals surface area contributed by atoms with Crippen LogP contribution in [0.3, 0.4) is 0 Å². The number of alkyl halides is 3. The van der Waals surface area contributed by atoms with Gasteiger partial charge in [-0.3, -0.25) is 4.79 Å². The Morgan fingerprint density at radius 3 is 2.27 bits per heavy atom. The smallest absolute Gasteiger partial charge is 0.405 e. The summed E-state index contributed by atoms with van der Waals surface area (Å²) in [5.74, 6) is 0.0372. The third kappa shape index (κ3) is 4.79. The Morgan fingerprint density at radius 1 is 1.00 bits per heavy atom. The molecule has 33 heavy (non-hydrogen) atoms. The molecule has 1 saturated heterocycles. The van der Waals surface area contributed by atoms with E-state index in [-0.39, 0.29) is 30.8 Å². The zero-order valence-corrected chi connectivity index (χ0v) is 18.4. The summed E-state index contributed by atoms with van der Waals surface area (Å²) >= 11 is 0. The van der Waals surface area contributed by atoms with Crippen molar-refractivity contribution in [1.82, 2.24) is 9.62 Å². The predicted molar refractivity (Wildman–Crippen MR) is 113 cm³/mol. The molecular weight excluding hydrogens is 461 g/mol. The summed E-state index contributed by atoms with van der Waals surface area (Å²) in [5, 5.41) is 1.99. The van der Waals surface area contributed by atoms with Crippen LogP contribution in [-0.2, 0) is 20.2 Å². The van der Waals surface area contributed by atoms with Gasteiger partial charge in [-0.2, -0.15) is 17.5 Å². The summed E-state index contributed by atoms with van der Waals surface area (Å²) in [4.78, 5) is 13.0. The number of piperidine rings is 1. The van der Waals surface area contributed by atoms with Crippen LogP contribution in [0.2, 0.25) is 0 Å². The Kier molecular flexibility index (Phi) is 6.28. The normalized spacial score (nSPS) is 18.5. The van der Waals surface area contributed by atoms with Crippen molar-refractivity contribution >= 4 is 15.9 Å². The molecule has 1 N–H and O–H groups in total. The molecule has 2 aromatic rings. The minimum Gasteiger partial charge on any atom is -0.486 e. The average Bonchev–Trinajstić information content (AvgIpc) is 2.82. The van der Waals surface area contributed by atoms with Crippen molar-refractivity contribution < 1.29 is 35.9 Å². The summed E-state index contributed by atoms with van der Waals surface area (Å²) < 4.78 is 76.7. The molecule has 11 heteroatoms. The average molecular weight is 484 g/mol. The highest BCUT2D eigenvalue weighted by molar-refractivity contribution is 7.89. The molecule has 7 nitrogen and oxygen atoms in total. The van der Waals surface area contributed by atoms with E-state index in [1.165, 1.54) is 22.5 Å². The lowest BCUT2D eigenvalue weighted by Crippen LogP contribution is -2.53. The largest absolute Gasteiger partial charge is 0.486 e. The van der Waals surface area contributed by atoms with Gasteiger partial charge < -0.3 is 14.8 Å². The molecule has 178 valence electrons. The highest BCUT2D eigenvalue weighted by Gasteiger charge is 2.46. The number of fused-ring (bicyclic) bond motifs is 1. The van der Waals surface area contributed by atoms with Gasteiger partial charge in [0.1, 0.15) is 19.8 Å². The van der Waals surface area contributed by atoms with Gasteiger partial charge in [0, 0.05) is 19.2 Å². The molecular formula is C22H23F3N2O5S. The van der Waals surface area contributed by atoms with E-state index in [1.54, 1.807) is 30.3 Å². The molecule has 2 aliphatic rings. The van der Waals surface area contributed by atoms with Crippen LogP contribution in [0.4, 0.5) is 13.2 Å². The number of hydrogen-bond donors (Lipinski definition) is 1. The van der Waals surface area contributed by atoms with Gasteiger partial charge in [-0.05, 0) is 30.5 Å². The van der Waals surface area contributed by atoms with Gasteiger partial charge >= 0.3 is 6.18 Å². The molecule has 2 aromatic carbocycles. The third-order valence-corrected chi connectivity index (χ3v) is 7.83. The Balaban J connectivity index is 1.56. The third-order valence-electron chi connectivity index (χ3n) is 5.94. The molecule has 0 bridgehead atoms. The van der Waals surface area contributed by atoms with Crippen molar-refractivity contribution in [3.8, 4) is 11.5 Å². The van der Waals surface area contributed by atoms with Crippen molar-refractivity contribution in [2.24, 2.45) is 0 Å². The summed E-state index contributed by atoms with van der Waals surface area (Å²) in [6.07, 6.45) is -4.45. The Bertz CT molecular complexity index is 1110. The fourth-order valence-corrected chi connectivity index (χ4v) is 5.65. The van der Waals surface area contributed by atoms with Gasteiger partial charge in [0.05, 0.1) is 10.3 Å². The maximum atomic E-state index is 13.2. The molecule has 4 rings (SSSR count). The van der Waals surface area contributed by atoms with E-state index in [1.807, 2.05) is 5.32 Å². The van der Waals surface area contributed by atoms with Gasteiger partial charge in [-0.15, -0.1) is 0 Å². The van der Waals surface area contributed by atoms with Crippen LogP contribution in [0.25, 0.3) is 0 Å². The van der Waals surface area contributed by atoms with Crippen molar-refractivity contribution in [3.63, 3.8) is 0 Å². The number of carbonyl (C=O) groups is 1. The van der Waals surface area contributed by atoms with Crippen LogP contribution in [-0.4, -0.2) is 57.7 Å². The van der Waals surface area contributed by atoms with Crippen molar-refractivity contribution in [2.75, 3.05) is 32.8 Å². The molecule has 2 heterocycles. The lowest BCUT2D eigenvalue weighted by molar-refractivity contribution is -0.142. The monoisotopic (exact) mass is 484 g/mol. The molecule has 0 spiro atoms. The Hall–Kier alpha value is -2.79. The number of carbonyl (C=O) groups excluding carboxylic acids is 1. The van der Waals surface area contributed by atoms with Gasteiger partial charge in [-0.25, -0.2) is 8.42 Å². The fraction of sp³-hybridized carbons (Fsp3) is 0.409. The molecule has 1 fully saturated rings. The first-order valence-electron chi connectivity index (χ1n) is 10.4. The summed E-state index contributed by atoms with van der Waals surface area (Å²) in [6, 6.07) is 12.9. The van der Waals surface area contributed by atoms with E-state index in [9.17, 15) is 26.4 Å². The topological polar surface area (TPSA) is 84.9 Å². The number of sulfonamides is 1. The number of nitrogens with zero attached hydrogens (tertiary/aromatic N) is 1. The van der Waals surface area contributed by atoms with Gasteiger partial charge in [0.2, 0.25) is 15.9 Å². The van der Waals surface area contributed by atoms with Crippen molar-refractivity contribution in [1.29, 1.82) is 0 Å². The van der Waals surface area contributed by atoms with Gasteiger partial charge in [0.25, 0.3) is 0 Å². The highest BCUT2D eigenvalue weighted by Crippen LogP contribution is 2.39. The second-order valence-electron chi connectivity index (χ2n) is 7.96. The minimum atomic E-state index is -4.55. The lowest BCUT2D eigenvalue weighted by atomic mass is 9.72. The standard InChI is InChI=1S/C22H23F3N2O5S/c23-22(24,25)15-26-20(28)21(16-4-2-1-3-5-16)8-10-27(11-9-21)33(29,30)17-6-7-18-19(14-17)32-13-12-31-18/h1-7,14H,8-13,15H2,(H,26,28). The van der Waals surface area contributed by atoms with E-state index in [0.29, 0.717) is 30.3 Å². The second-order valence-corrected chi connectivity index (χ2v) is 9.89. The van der Waals surface area contributed by atoms with E-state index < -0.39 is 34.1 Å². The summed E-state index contributed by atoms with van der Waals surface area (Å²) in [7, 11) is -3.90. The first-order valence-corrected chi connectivity index (χ1v) is 11.9. The lowest BCUT2D eigenvalue weighted by Gasteiger charge is -2.40. The van der Waals surface area contributed by atoms with Crippen LogP contribution < -0.4 is 14.8 Å². The number of nitrogens with one attached hydrogen (secondary N) is 1. The molecule has 0 aromatic heterocycles. The van der Waals surface area contributed by atoms with Crippen LogP contribution >= 0.6 is 0 Å². The van der Waals surface area contributed by atoms with Crippen molar-refractivity contribution in [2.45, 2.75) is 29.3 Å². The molecule has 0 unspecified atom stereocenters. The first kappa shape index (κ1) is 23.4. The maximum absolute atomic E-state index is 13.2. The molecule has 0 radical (unpaired) electrons. The Labute approximate surface area is 189 Å². The van der Waals surface area contributed by atoms with Crippen LogP contribution in [0.5, 0.6) is 11.5 Å². The number of rotatable bonds is 5. The zero-order valence-electron chi connectivity index (χ0n) is 17.6. The molecule has 0 saturated carbocycles. The predicted octanol–water partition coefficient (Wildman–Crippen LogP) is 2.86. The van der Waals surface area contributed by atoms with E-state index in [4.69, 9.17) is 9.47 Å². The minimum absolute atomic E-state index is 0.0227.